The number of ether oxygens (including phenoxy) is 2. The molecule has 0 fully saturated rings. The average Bonchev–Trinajstić information content (AvgIpc) is 2.78. The molecule has 0 bridgehead atoms. The Labute approximate surface area is 187 Å². The maximum Gasteiger partial charge on any atom is 0.387 e. The molecule has 0 aromatic heterocycles. The van der Waals surface area contributed by atoms with E-state index in [1.807, 2.05) is 25.1 Å². The van der Waals surface area contributed by atoms with Gasteiger partial charge in [0.1, 0.15) is 0 Å². The van der Waals surface area contributed by atoms with E-state index in [0.29, 0.717) is 43.2 Å². The van der Waals surface area contributed by atoms with Gasteiger partial charge in [0.05, 0.1) is 13.2 Å². The highest BCUT2D eigenvalue weighted by Gasteiger charge is 2.15. The Morgan fingerprint density at radius 1 is 1.12 bits per heavy atom. The van der Waals surface area contributed by atoms with Crippen LogP contribution >= 0.6 is 0 Å². The zero-order valence-corrected chi connectivity index (χ0v) is 18.6. The third-order valence-electron chi connectivity index (χ3n) is 4.44. The van der Waals surface area contributed by atoms with Gasteiger partial charge in [0, 0.05) is 31.3 Å². The van der Waals surface area contributed by atoms with Crippen molar-refractivity contribution in [2.75, 3.05) is 26.7 Å². The van der Waals surface area contributed by atoms with Crippen molar-refractivity contribution < 1.29 is 23.0 Å². The molecular formula is C23H30F2N4O3. The number of hydrogen-bond acceptors (Lipinski definition) is 4. The van der Waals surface area contributed by atoms with Gasteiger partial charge in [-0.2, -0.15) is 8.78 Å². The highest BCUT2D eigenvalue weighted by molar-refractivity contribution is 5.94. The lowest BCUT2D eigenvalue weighted by Crippen LogP contribution is -2.38. The van der Waals surface area contributed by atoms with Crippen LogP contribution in [0.1, 0.15) is 35.3 Å². The second-order valence-electron chi connectivity index (χ2n) is 6.71. The molecule has 9 heteroatoms. The van der Waals surface area contributed by atoms with Gasteiger partial charge in [-0.3, -0.25) is 4.79 Å². The van der Waals surface area contributed by atoms with Gasteiger partial charge in [-0.1, -0.05) is 24.3 Å². The second-order valence-corrected chi connectivity index (χ2v) is 6.71. The summed E-state index contributed by atoms with van der Waals surface area (Å²) in [4.78, 5) is 16.3. The second kappa shape index (κ2) is 13.1. The van der Waals surface area contributed by atoms with Crippen molar-refractivity contribution in [3.63, 3.8) is 0 Å². The molecule has 0 aliphatic heterocycles. The minimum Gasteiger partial charge on any atom is -0.490 e. The SMILES string of the molecule is CCNC(=NCc1cccc(OCC)c1OC(F)F)NCCc1cccc(C(=O)NC)c1. The molecule has 3 N–H and O–H groups in total. The van der Waals surface area contributed by atoms with E-state index in [4.69, 9.17) is 9.47 Å². The maximum absolute atomic E-state index is 12.9. The Bertz CT molecular complexity index is 907. The van der Waals surface area contributed by atoms with Crippen molar-refractivity contribution in [3.8, 4) is 11.5 Å². The van der Waals surface area contributed by atoms with Crippen LogP contribution in [0.2, 0.25) is 0 Å². The Morgan fingerprint density at radius 3 is 2.59 bits per heavy atom. The van der Waals surface area contributed by atoms with Crippen molar-refractivity contribution in [3.05, 3.63) is 59.2 Å². The fourth-order valence-corrected chi connectivity index (χ4v) is 3.02. The van der Waals surface area contributed by atoms with Gasteiger partial charge in [0.15, 0.2) is 17.5 Å². The van der Waals surface area contributed by atoms with Crippen molar-refractivity contribution >= 4 is 11.9 Å². The molecule has 7 nitrogen and oxygen atoms in total. The monoisotopic (exact) mass is 448 g/mol. The van der Waals surface area contributed by atoms with Gasteiger partial charge in [0.25, 0.3) is 5.91 Å². The highest BCUT2D eigenvalue weighted by atomic mass is 19.3. The van der Waals surface area contributed by atoms with Gasteiger partial charge in [0.2, 0.25) is 0 Å². The molecule has 2 aromatic carbocycles. The molecule has 0 aliphatic rings. The first kappa shape index (κ1) is 24.9. The minimum atomic E-state index is -2.96. The van der Waals surface area contributed by atoms with Crippen LogP contribution < -0.4 is 25.4 Å². The Balaban J connectivity index is 2.07. The molecule has 0 saturated heterocycles. The smallest absolute Gasteiger partial charge is 0.387 e. The number of amides is 1. The minimum absolute atomic E-state index is 0.00466. The highest BCUT2D eigenvalue weighted by Crippen LogP contribution is 2.33. The van der Waals surface area contributed by atoms with Gasteiger partial charge >= 0.3 is 6.61 Å². The number of nitrogens with one attached hydrogen (secondary N) is 3. The molecule has 174 valence electrons. The molecule has 0 radical (unpaired) electrons. The Hall–Kier alpha value is -3.36. The molecule has 0 aliphatic carbocycles. The van der Waals surface area contributed by atoms with E-state index in [-0.39, 0.29) is 24.0 Å². The number of carbonyl (C=O) groups excluding carboxylic acids is 1. The standard InChI is InChI=1S/C23H30F2N4O3/c1-4-27-23(28-13-12-16-8-6-9-17(14-16)21(30)26-3)29-15-18-10-7-11-19(31-5-2)20(18)32-22(24)25/h6-11,14,22H,4-5,12-13,15H2,1-3H3,(H,26,30)(H2,27,28,29). The van der Waals surface area contributed by atoms with Gasteiger partial charge in [-0.05, 0) is 44.0 Å². The first-order valence-corrected chi connectivity index (χ1v) is 10.5. The average molecular weight is 449 g/mol. The number of hydrogen-bond donors (Lipinski definition) is 3. The van der Waals surface area contributed by atoms with Crippen molar-refractivity contribution in [2.45, 2.75) is 33.4 Å². The summed E-state index contributed by atoms with van der Waals surface area (Å²) in [6.45, 7) is 2.41. The Kier molecular flexibility index (Phi) is 10.2. The lowest BCUT2D eigenvalue weighted by molar-refractivity contribution is -0.0520. The number of halogens is 2. The lowest BCUT2D eigenvalue weighted by atomic mass is 10.1. The fourth-order valence-electron chi connectivity index (χ4n) is 3.02. The first-order valence-electron chi connectivity index (χ1n) is 10.5. The zero-order chi connectivity index (χ0) is 23.3. The summed E-state index contributed by atoms with van der Waals surface area (Å²) in [5.74, 6) is 0.662. The number of alkyl halides is 2. The predicted octanol–water partition coefficient (Wildman–Crippen LogP) is 3.34. The van der Waals surface area contributed by atoms with E-state index in [9.17, 15) is 13.6 Å². The summed E-state index contributed by atoms with van der Waals surface area (Å²) in [6, 6.07) is 12.4. The van der Waals surface area contributed by atoms with E-state index >= 15 is 0 Å². The van der Waals surface area contributed by atoms with Crippen LogP contribution in [0.15, 0.2) is 47.5 Å². The third-order valence-corrected chi connectivity index (χ3v) is 4.44. The summed E-state index contributed by atoms with van der Waals surface area (Å²) in [7, 11) is 1.59. The number of guanidine groups is 1. The van der Waals surface area contributed by atoms with Crippen LogP contribution in [0.3, 0.4) is 0 Å². The maximum atomic E-state index is 12.9. The largest absolute Gasteiger partial charge is 0.490 e. The summed E-state index contributed by atoms with van der Waals surface area (Å²) in [5.41, 5.74) is 2.10. The van der Waals surface area contributed by atoms with Crippen LogP contribution in [0.25, 0.3) is 0 Å². The quantitative estimate of drug-likeness (QED) is 0.363. The molecule has 2 aromatic rings. The van der Waals surface area contributed by atoms with Gasteiger partial charge in [-0.15, -0.1) is 0 Å². The molecule has 32 heavy (non-hydrogen) atoms. The van der Waals surface area contributed by atoms with Crippen LogP contribution in [0, 0.1) is 0 Å². The summed E-state index contributed by atoms with van der Waals surface area (Å²) >= 11 is 0. The fraction of sp³-hybridized carbons (Fsp3) is 0.391. The van der Waals surface area contributed by atoms with Crippen LogP contribution in [0.4, 0.5) is 8.78 Å². The lowest BCUT2D eigenvalue weighted by Gasteiger charge is -2.15. The molecule has 0 spiro atoms. The molecule has 0 saturated carbocycles. The van der Waals surface area contributed by atoms with Crippen LogP contribution in [-0.4, -0.2) is 45.2 Å². The van der Waals surface area contributed by atoms with Crippen LogP contribution in [0.5, 0.6) is 11.5 Å². The number of carbonyl (C=O) groups is 1. The van der Waals surface area contributed by atoms with Gasteiger partial charge < -0.3 is 25.4 Å². The molecule has 0 atom stereocenters. The molecule has 0 heterocycles. The van der Waals surface area contributed by atoms with Crippen molar-refractivity contribution in [1.82, 2.24) is 16.0 Å². The molecule has 0 unspecified atom stereocenters. The van der Waals surface area contributed by atoms with E-state index in [1.165, 1.54) is 0 Å². The van der Waals surface area contributed by atoms with Crippen molar-refractivity contribution in [2.24, 2.45) is 4.99 Å². The third kappa shape index (κ3) is 7.72. The zero-order valence-electron chi connectivity index (χ0n) is 18.6. The molecular weight excluding hydrogens is 418 g/mol. The number of nitrogens with zero attached hydrogens (tertiary/aromatic N) is 1. The van der Waals surface area contributed by atoms with E-state index in [0.717, 1.165) is 5.56 Å². The predicted molar refractivity (Wildman–Crippen MR) is 121 cm³/mol. The number of para-hydroxylation sites is 1. The van der Waals surface area contributed by atoms with E-state index in [2.05, 4.69) is 20.9 Å². The first-order chi connectivity index (χ1) is 15.5. The number of aliphatic imine (C=N–C) groups is 1. The number of benzene rings is 2. The van der Waals surface area contributed by atoms with Crippen molar-refractivity contribution in [1.29, 1.82) is 0 Å². The normalized spacial score (nSPS) is 11.2. The number of rotatable bonds is 11. The summed E-state index contributed by atoms with van der Waals surface area (Å²) in [6.07, 6.45) is 0.675. The molecule has 2 rings (SSSR count). The topological polar surface area (TPSA) is 84.0 Å². The van der Waals surface area contributed by atoms with E-state index in [1.54, 1.807) is 38.2 Å². The Morgan fingerprint density at radius 2 is 1.91 bits per heavy atom. The summed E-state index contributed by atoms with van der Waals surface area (Å²) < 4.78 is 35.9. The summed E-state index contributed by atoms with van der Waals surface area (Å²) in [5, 5.41) is 8.96. The van der Waals surface area contributed by atoms with Gasteiger partial charge in [-0.25, -0.2) is 4.99 Å². The molecule has 1 amide bonds. The van der Waals surface area contributed by atoms with Crippen LogP contribution in [-0.2, 0) is 13.0 Å². The van der Waals surface area contributed by atoms with E-state index < -0.39 is 6.61 Å².